The summed E-state index contributed by atoms with van der Waals surface area (Å²) in [6, 6.07) is 7.08. The number of fused-ring (bicyclic) bond motifs is 1. The molecule has 0 spiro atoms. The Morgan fingerprint density at radius 1 is 0.971 bits per heavy atom. The average molecular weight is 475 g/mol. The van der Waals surface area contributed by atoms with Crippen LogP contribution in [0.5, 0.6) is 11.5 Å². The van der Waals surface area contributed by atoms with Gasteiger partial charge in [-0.2, -0.15) is 0 Å². The van der Waals surface area contributed by atoms with Gasteiger partial charge in [-0.25, -0.2) is 0 Å². The summed E-state index contributed by atoms with van der Waals surface area (Å²) in [5.41, 5.74) is -0.445. The first-order chi connectivity index (χ1) is 16.1. The van der Waals surface area contributed by atoms with E-state index in [1.807, 2.05) is 6.07 Å². The molecule has 13 heteroatoms. The molecule has 0 amide bonds. The van der Waals surface area contributed by atoms with Crippen LogP contribution in [0, 0.1) is 30.3 Å². The van der Waals surface area contributed by atoms with Crippen molar-refractivity contribution in [2.75, 3.05) is 26.7 Å². The number of aromatic nitrogens is 1. The van der Waals surface area contributed by atoms with Gasteiger partial charge in [0.2, 0.25) is 0 Å². The number of nitro benzene ring substituents is 3. The Hall–Kier alpha value is -4.26. The van der Waals surface area contributed by atoms with Gasteiger partial charge in [0.1, 0.15) is 5.75 Å². The number of hydrogen-bond donors (Lipinski definition) is 2. The second-order valence-electron chi connectivity index (χ2n) is 7.11. The third-order valence-corrected chi connectivity index (χ3v) is 5.23. The number of methoxy groups -OCH3 is 1. The van der Waals surface area contributed by atoms with Gasteiger partial charge >= 0.3 is 11.4 Å². The number of nitrogens with one attached hydrogen (secondary N) is 1. The summed E-state index contributed by atoms with van der Waals surface area (Å²) in [6.45, 7) is 7.75. The SMILES string of the molecule is CCN(CC)CCc1c[nH]c2ccc(OC)cc12.O=[N+]([O-])c1cc([N+](=O)[O-])c(O)c([N+](=O)[O-])c1. The van der Waals surface area contributed by atoms with Crippen molar-refractivity contribution < 1.29 is 24.6 Å². The summed E-state index contributed by atoms with van der Waals surface area (Å²) in [6.07, 6.45) is 3.20. The molecule has 0 aliphatic heterocycles. The Labute approximate surface area is 194 Å². The van der Waals surface area contributed by atoms with Crippen molar-refractivity contribution in [1.29, 1.82) is 0 Å². The van der Waals surface area contributed by atoms with Crippen molar-refractivity contribution in [3.63, 3.8) is 0 Å². The van der Waals surface area contributed by atoms with Gasteiger partial charge in [-0.05, 0) is 43.3 Å². The van der Waals surface area contributed by atoms with E-state index in [0.717, 1.165) is 31.8 Å². The molecule has 182 valence electrons. The predicted octanol–water partition coefficient (Wildman–Crippen LogP) is 4.18. The average Bonchev–Trinajstić information content (AvgIpc) is 3.21. The lowest BCUT2D eigenvalue weighted by atomic mass is 10.1. The third kappa shape index (κ3) is 6.16. The van der Waals surface area contributed by atoms with Gasteiger partial charge in [0.05, 0.1) is 34.0 Å². The van der Waals surface area contributed by atoms with E-state index in [0.29, 0.717) is 12.1 Å². The second-order valence-corrected chi connectivity index (χ2v) is 7.11. The highest BCUT2D eigenvalue weighted by Gasteiger charge is 2.30. The van der Waals surface area contributed by atoms with Crippen LogP contribution in [0.4, 0.5) is 17.1 Å². The Morgan fingerprint density at radius 3 is 2.03 bits per heavy atom. The maximum atomic E-state index is 10.4. The molecule has 3 aromatic rings. The van der Waals surface area contributed by atoms with Crippen molar-refractivity contribution >= 4 is 28.0 Å². The molecule has 0 atom stereocenters. The molecule has 34 heavy (non-hydrogen) atoms. The van der Waals surface area contributed by atoms with E-state index in [4.69, 9.17) is 9.84 Å². The molecule has 0 fully saturated rings. The van der Waals surface area contributed by atoms with Gasteiger partial charge in [-0.1, -0.05) is 13.8 Å². The van der Waals surface area contributed by atoms with E-state index >= 15 is 0 Å². The Kier molecular flexibility index (Phi) is 8.84. The van der Waals surface area contributed by atoms with E-state index < -0.39 is 37.6 Å². The zero-order chi connectivity index (χ0) is 25.4. The van der Waals surface area contributed by atoms with Crippen molar-refractivity contribution in [1.82, 2.24) is 9.88 Å². The Balaban J connectivity index is 0.000000242. The van der Waals surface area contributed by atoms with Crippen molar-refractivity contribution in [2.24, 2.45) is 0 Å². The minimum absolute atomic E-state index is 0.447. The third-order valence-electron chi connectivity index (χ3n) is 5.23. The van der Waals surface area contributed by atoms with Gasteiger partial charge < -0.3 is 19.7 Å². The minimum Gasteiger partial charge on any atom is -0.497 e. The van der Waals surface area contributed by atoms with Crippen LogP contribution in [-0.2, 0) is 6.42 Å². The quantitative estimate of drug-likeness (QED) is 0.339. The summed E-state index contributed by atoms with van der Waals surface area (Å²) in [5.74, 6) is -0.285. The molecule has 0 saturated carbocycles. The van der Waals surface area contributed by atoms with Crippen LogP contribution >= 0.6 is 0 Å². The number of benzene rings is 2. The molecule has 1 heterocycles. The zero-order valence-corrected chi connectivity index (χ0v) is 18.9. The van der Waals surface area contributed by atoms with Crippen LogP contribution in [0.2, 0.25) is 0 Å². The highest BCUT2D eigenvalue weighted by Crippen LogP contribution is 2.39. The van der Waals surface area contributed by atoms with Crippen LogP contribution in [0.25, 0.3) is 10.9 Å². The first-order valence-corrected chi connectivity index (χ1v) is 10.3. The molecular weight excluding hydrogens is 450 g/mol. The monoisotopic (exact) mass is 475 g/mol. The Bertz CT molecular complexity index is 1150. The fourth-order valence-electron chi connectivity index (χ4n) is 3.28. The standard InChI is InChI=1S/C15H22N2O.C6H3N3O7/c1-4-17(5-2)9-8-12-11-16-15-7-6-13(18-3)10-14(12)15;10-6-4(8(13)14)1-3(7(11)12)2-5(6)9(15)16/h6-7,10-11,16H,4-5,8-9H2,1-3H3;1-2,10H. The van der Waals surface area contributed by atoms with E-state index in [-0.39, 0.29) is 0 Å². The molecule has 0 aliphatic carbocycles. The number of aromatic hydroxyl groups is 1. The number of H-pyrrole nitrogens is 1. The molecule has 3 rings (SSSR count). The first-order valence-electron chi connectivity index (χ1n) is 10.3. The first kappa shape index (κ1) is 26.0. The number of likely N-dealkylation sites (N-methyl/N-ethyl adjacent to an activating group) is 1. The number of ether oxygens (including phenoxy) is 1. The van der Waals surface area contributed by atoms with Crippen molar-refractivity contribution in [2.45, 2.75) is 20.3 Å². The van der Waals surface area contributed by atoms with Gasteiger partial charge in [0.25, 0.3) is 11.4 Å². The van der Waals surface area contributed by atoms with Crippen LogP contribution in [0.15, 0.2) is 36.5 Å². The topological polar surface area (TPSA) is 178 Å². The molecule has 2 aromatic carbocycles. The fraction of sp³-hybridized carbons (Fsp3) is 0.333. The lowest BCUT2D eigenvalue weighted by molar-refractivity contribution is -0.404. The van der Waals surface area contributed by atoms with Gasteiger partial charge in [0.15, 0.2) is 0 Å². The van der Waals surface area contributed by atoms with Crippen LogP contribution < -0.4 is 4.74 Å². The lowest BCUT2D eigenvalue weighted by Gasteiger charge is -2.17. The number of aromatic amines is 1. The largest absolute Gasteiger partial charge is 0.497 e. The number of rotatable bonds is 9. The van der Waals surface area contributed by atoms with E-state index in [9.17, 15) is 30.3 Å². The number of non-ortho nitro benzene ring substituents is 1. The molecular formula is C21H25N5O8. The van der Waals surface area contributed by atoms with E-state index in [1.165, 1.54) is 16.5 Å². The maximum Gasteiger partial charge on any atom is 0.324 e. The number of phenols is 1. The molecule has 0 radical (unpaired) electrons. The minimum atomic E-state index is -1.21. The summed E-state index contributed by atoms with van der Waals surface area (Å²) >= 11 is 0. The Morgan fingerprint density at radius 2 is 1.56 bits per heavy atom. The zero-order valence-electron chi connectivity index (χ0n) is 18.9. The van der Waals surface area contributed by atoms with Crippen LogP contribution in [0.1, 0.15) is 19.4 Å². The fourth-order valence-corrected chi connectivity index (χ4v) is 3.28. The number of phenolic OH excluding ortho intramolecular Hbond substituents is 1. The van der Waals surface area contributed by atoms with Gasteiger partial charge in [-0.3, -0.25) is 30.3 Å². The van der Waals surface area contributed by atoms with Gasteiger partial charge in [-0.15, -0.1) is 0 Å². The summed E-state index contributed by atoms with van der Waals surface area (Å²) in [7, 11) is 1.71. The predicted molar refractivity (Wildman–Crippen MR) is 124 cm³/mol. The van der Waals surface area contributed by atoms with Crippen LogP contribution in [0.3, 0.4) is 0 Å². The highest BCUT2D eigenvalue weighted by molar-refractivity contribution is 5.84. The smallest absolute Gasteiger partial charge is 0.324 e. The lowest BCUT2D eigenvalue weighted by Crippen LogP contribution is -2.25. The molecule has 0 unspecified atom stereocenters. The normalized spacial score (nSPS) is 10.6. The van der Waals surface area contributed by atoms with Crippen LogP contribution in [-0.4, -0.2) is 56.5 Å². The molecule has 0 saturated heterocycles. The number of nitro groups is 3. The number of hydrogen-bond acceptors (Lipinski definition) is 9. The number of nitrogens with zero attached hydrogens (tertiary/aromatic N) is 4. The second kappa shape index (κ2) is 11.6. The summed E-state index contributed by atoms with van der Waals surface area (Å²) in [4.78, 5) is 33.5. The van der Waals surface area contributed by atoms with E-state index in [1.54, 1.807) is 7.11 Å². The molecule has 0 aliphatic rings. The highest BCUT2D eigenvalue weighted by atomic mass is 16.6. The summed E-state index contributed by atoms with van der Waals surface area (Å²) in [5, 5.41) is 41.5. The maximum absolute atomic E-state index is 10.4. The van der Waals surface area contributed by atoms with Crippen molar-refractivity contribution in [3.05, 3.63) is 72.4 Å². The van der Waals surface area contributed by atoms with Gasteiger partial charge in [0, 0.05) is 23.6 Å². The molecule has 13 nitrogen and oxygen atoms in total. The molecule has 2 N–H and O–H groups in total. The van der Waals surface area contributed by atoms with Crippen molar-refractivity contribution in [3.8, 4) is 11.5 Å². The molecule has 1 aromatic heterocycles. The molecule has 0 bridgehead atoms. The summed E-state index contributed by atoms with van der Waals surface area (Å²) < 4.78 is 5.29. The van der Waals surface area contributed by atoms with E-state index in [2.05, 4.69) is 42.1 Å².